The van der Waals surface area contributed by atoms with Gasteiger partial charge in [0.1, 0.15) is 11.1 Å². The minimum Gasteiger partial charge on any atom is -0.272 e. The van der Waals surface area contributed by atoms with Crippen LogP contribution in [0.15, 0.2) is 53.6 Å². The SMILES string of the molecule is CCN(c1ccccc1)S(=O)(=O)c1ccc(N[C@H](C)C2CC2)[nH+]c1. The monoisotopic (exact) mass is 346 g/mol. The zero-order valence-corrected chi connectivity index (χ0v) is 14.9. The maximum Gasteiger partial charge on any atom is 0.272 e. The lowest BCUT2D eigenvalue weighted by Crippen LogP contribution is -2.32. The number of sulfonamides is 1. The van der Waals surface area contributed by atoms with Gasteiger partial charge >= 0.3 is 0 Å². The molecule has 5 nitrogen and oxygen atoms in total. The summed E-state index contributed by atoms with van der Waals surface area (Å²) in [5.41, 5.74) is 0.671. The van der Waals surface area contributed by atoms with E-state index in [1.54, 1.807) is 30.5 Å². The van der Waals surface area contributed by atoms with Crippen LogP contribution in [0.1, 0.15) is 26.7 Å². The first-order chi connectivity index (χ1) is 11.5. The minimum absolute atomic E-state index is 0.262. The van der Waals surface area contributed by atoms with Crippen molar-refractivity contribution in [3.63, 3.8) is 0 Å². The summed E-state index contributed by atoms with van der Waals surface area (Å²) in [6.07, 6.45) is 4.09. The Labute approximate surface area is 143 Å². The van der Waals surface area contributed by atoms with Crippen LogP contribution < -0.4 is 14.6 Å². The molecular formula is C18H24N3O2S+. The molecule has 1 atom stereocenters. The van der Waals surface area contributed by atoms with Crippen molar-refractivity contribution in [2.45, 2.75) is 37.6 Å². The molecule has 128 valence electrons. The highest BCUT2D eigenvalue weighted by Crippen LogP contribution is 2.33. The second kappa shape index (κ2) is 6.81. The number of aromatic amines is 1. The van der Waals surface area contributed by atoms with Gasteiger partial charge in [0.25, 0.3) is 15.8 Å². The van der Waals surface area contributed by atoms with Gasteiger partial charge in [-0.25, -0.2) is 13.4 Å². The first-order valence-corrected chi connectivity index (χ1v) is 9.82. The molecule has 1 aromatic heterocycles. The number of nitrogens with zero attached hydrogens (tertiary/aromatic N) is 1. The molecule has 0 unspecified atom stereocenters. The normalized spacial score (nSPS) is 15.8. The molecule has 2 N–H and O–H groups in total. The van der Waals surface area contributed by atoms with Crippen LogP contribution in [-0.2, 0) is 10.0 Å². The molecule has 0 amide bonds. The molecule has 1 saturated carbocycles. The fourth-order valence-corrected chi connectivity index (χ4v) is 4.27. The first kappa shape index (κ1) is 16.8. The van der Waals surface area contributed by atoms with E-state index in [0.717, 1.165) is 11.7 Å². The Bertz CT molecular complexity index is 772. The van der Waals surface area contributed by atoms with Crippen molar-refractivity contribution in [1.82, 2.24) is 0 Å². The molecule has 0 aliphatic heterocycles. The number of pyridine rings is 1. The van der Waals surface area contributed by atoms with Gasteiger partial charge in [0, 0.05) is 12.6 Å². The van der Waals surface area contributed by atoms with Gasteiger partial charge in [0.05, 0.1) is 11.7 Å². The Morgan fingerprint density at radius 2 is 1.92 bits per heavy atom. The topological polar surface area (TPSA) is 63.6 Å². The Balaban J connectivity index is 1.80. The highest BCUT2D eigenvalue weighted by Gasteiger charge is 2.31. The zero-order chi connectivity index (χ0) is 17.2. The number of para-hydroxylation sites is 1. The van der Waals surface area contributed by atoms with Gasteiger partial charge in [-0.3, -0.25) is 9.62 Å². The number of rotatable bonds is 7. The van der Waals surface area contributed by atoms with E-state index >= 15 is 0 Å². The second-order valence-electron chi connectivity index (χ2n) is 6.21. The van der Waals surface area contributed by atoms with Gasteiger partial charge in [0.15, 0.2) is 0 Å². The minimum atomic E-state index is -3.58. The van der Waals surface area contributed by atoms with E-state index in [0.29, 0.717) is 18.3 Å². The predicted molar refractivity (Wildman–Crippen MR) is 95.5 cm³/mol. The molecule has 6 heteroatoms. The van der Waals surface area contributed by atoms with Gasteiger partial charge < -0.3 is 0 Å². The van der Waals surface area contributed by atoms with Crippen molar-refractivity contribution in [1.29, 1.82) is 0 Å². The van der Waals surface area contributed by atoms with Gasteiger partial charge in [0.2, 0.25) is 0 Å². The first-order valence-electron chi connectivity index (χ1n) is 8.38. The summed E-state index contributed by atoms with van der Waals surface area (Å²) in [6.45, 7) is 4.37. The number of aromatic nitrogens is 1. The van der Waals surface area contributed by atoms with Crippen molar-refractivity contribution in [2.75, 3.05) is 16.2 Å². The number of hydrogen-bond acceptors (Lipinski definition) is 3. The molecule has 0 spiro atoms. The third kappa shape index (κ3) is 3.53. The fraction of sp³-hybridized carbons (Fsp3) is 0.389. The van der Waals surface area contributed by atoms with Crippen molar-refractivity contribution in [3.05, 3.63) is 48.7 Å². The Hall–Kier alpha value is -2.08. The van der Waals surface area contributed by atoms with E-state index in [4.69, 9.17) is 0 Å². The lowest BCUT2D eigenvalue weighted by Gasteiger charge is -2.22. The van der Waals surface area contributed by atoms with Gasteiger partial charge in [-0.1, -0.05) is 18.2 Å². The van der Waals surface area contributed by atoms with E-state index in [1.807, 2.05) is 25.1 Å². The molecular weight excluding hydrogens is 322 g/mol. The Morgan fingerprint density at radius 3 is 2.46 bits per heavy atom. The highest BCUT2D eigenvalue weighted by molar-refractivity contribution is 7.92. The standard InChI is InChI=1S/C18H23N3O2S/c1-3-21(16-7-5-4-6-8-16)24(22,23)17-11-12-18(19-13-17)20-14(2)15-9-10-15/h4-8,11-15H,3,9-10H2,1-2H3,(H,19,20)/p+1/t14-/m1/s1. The van der Waals surface area contributed by atoms with E-state index in [1.165, 1.54) is 17.1 Å². The van der Waals surface area contributed by atoms with Crippen molar-refractivity contribution >= 4 is 21.5 Å². The van der Waals surface area contributed by atoms with Crippen LogP contribution >= 0.6 is 0 Å². The van der Waals surface area contributed by atoms with Crippen LogP contribution in [0.2, 0.25) is 0 Å². The third-order valence-electron chi connectivity index (χ3n) is 4.42. The van der Waals surface area contributed by atoms with E-state index in [2.05, 4.69) is 17.2 Å². The molecule has 1 heterocycles. The maximum absolute atomic E-state index is 12.9. The summed E-state index contributed by atoms with van der Waals surface area (Å²) in [6, 6.07) is 13.0. The quantitative estimate of drug-likeness (QED) is 0.838. The van der Waals surface area contributed by atoms with Crippen LogP contribution in [0.5, 0.6) is 0 Å². The van der Waals surface area contributed by atoms with E-state index in [9.17, 15) is 8.42 Å². The van der Waals surface area contributed by atoms with Crippen LogP contribution in [0.25, 0.3) is 0 Å². The number of benzene rings is 1. The number of anilines is 2. The highest BCUT2D eigenvalue weighted by atomic mass is 32.2. The third-order valence-corrected chi connectivity index (χ3v) is 6.31. The Morgan fingerprint density at radius 1 is 1.21 bits per heavy atom. The molecule has 1 aliphatic carbocycles. The second-order valence-corrected chi connectivity index (χ2v) is 8.08. The van der Waals surface area contributed by atoms with Gasteiger partial charge in [-0.2, -0.15) is 0 Å². The summed E-state index contributed by atoms with van der Waals surface area (Å²) < 4.78 is 27.2. The smallest absolute Gasteiger partial charge is 0.272 e. The van der Waals surface area contributed by atoms with Crippen LogP contribution in [0.4, 0.5) is 11.5 Å². The lowest BCUT2D eigenvalue weighted by molar-refractivity contribution is -0.364. The van der Waals surface area contributed by atoms with Crippen LogP contribution in [0, 0.1) is 5.92 Å². The van der Waals surface area contributed by atoms with Crippen LogP contribution in [-0.4, -0.2) is 21.0 Å². The molecule has 0 radical (unpaired) electrons. The average Bonchev–Trinajstić information content (AvgIpc) is 3.42. The number of H-pyrrole nitrogens is 1. The van der Waals surface area contributed by atoms with Gasteiger partial charge in [-0.15, -0.1) is 0 Å². The van der Waals surface area contributed by atoms with E-state index < -0.39 is 10.0 Å². The molecule has 1 aromatic carbocycles. The maximum atomic E-state index is 12.9. The predicted octanol–water partition coefficient (Wildman–Crippen LogP) is 2.93. The molecule has 0 saturated heterocycles. The van der Waals surface area contributed by atoms with Crippen molar-refractivity contribution in [3.8, 4) is 0 Å². The van der Waals surface area contributed by atoms with Crippen molar-refractivity contribution in [2.24, 2.45) is 5.92 Å². The zero-order valence-electron chi connectivity index (χ0n) is 14.1. The fourth-order valence-electron chi connectivity index (χ4n) is 2.83. The average molecular weight is 346 g/mol. The summed E-state index contributed by atoms with van der Waals surface area (Å²) in [5.74, 6) is 1.58. The van der Waals surface area contributed by atoms with Crippen LogP contribution in [0.3, 0.4) is 0 Å². The summed E-state index contributed by atoms with van der Waals surface area (Å²) in [5, 5.41) is 3.39. The Kier molecular flexibility index (Phi) is 4.76. The summed E-state index contributed by atoms with van der Waals surface area (Å²) in [4.78, 5) is 3.33. The molecule has 1 aliphatic rings. The molecule has 2 aromatic rings. The molecule has 0 bridgehead atoms. The van der Waals surface area contributed by atoms with Crippen molar-refractivity contribution < 1.29 is 13.4 Å². The largest absolute Gasteiger partial charge is 0.272 e. The summed E-state index contributed by atoms with van der Waals surface area (Å²) in [7, 11) is -3.58. The molecule has 1 fully saturated rings. The number of hydrogen-bond donors (Lipinski definition) is 1. The lowest BCUT2D eigenvalue weighted by atomic mass is 10.2. The van der Waals surface area contributed by atoms with E-state index in [-0.39, 0.29) is 4.90 Å². The van der Waals surface area contributed by atoms with Gasteiger partial charge in [-0.05, 0) is 50.8 Å². The molecule has 24 heavy (non-hydrogen) atoms. The summed E-state index contributed by atoms with van der Waals surface area (Å²) >= 11 is 0. The molecule has 3 rings (SSSR count). The number of nitrogens with one attached hydrogen (secondary N) is 2.